The Morgan fingerprint density at radius 3 is 2.62 bits per heavy atom. The van der Waals surface area contributed by atoms with Crippen molar-refractivity contribution in [2.45, 2.75) is 58.1 Å². The van der Waals surface area contributed by atoms with Gasteiger partial charge in [0.2, 0.25) is 5.92 Å². The van der Waals surface area contributed by atoms with Gasteiger partial charge >= 0.3 is 0 Å². The number of alkyl halides is 2. The first-order chi connectivity index (χ1) is 11.4. The van der Waals surface area contributed by atoms with Crippen LogP contribution in [0.3, 0.4) is 0 Å². The first kappa shape index (κ1) is 16.8. The van der Waals surface area contributed by atoms with E-state index in [2.05, 4.69) is 20.4 Å². The number of nitrogens with one attached hydrogen (secondary N) is 1. The molecule has 0 atom stereocenters. The van der Waals surface area contributed by atoms with Crippen molar-refractivity contribution in [3.8, 4) is 5.95 Å². The number of aromatic nitrogens is 4. The number of anilines is 1. The first-order valence-corrected chi connectivity index (χ1v) is 8.03. The number of aryl methyl sites for hydroxylation is 2. The summed E-state index contributed by atoms with van der Waals surface area (Å²) in [6, 6.07) is 1.78. The minimum Gasteiger partial charge on any atom is -0.390 e. The minimum absolute atomic E-state index is 0.0147. The van der Waals surface area contributed by atoms with Crippen molar-refractivity contribution in [3.63, 3.8) is 0 Å². The summed E-state index contributed by atoms with van der Waals surface area (Å²) < 4.78 is 28.0. The average Bonchev–Trinajstić information content (AvgIpc) is 2.90. The number of halogens is 2. The summed E-state index contributed by atoms with van der Waals surface area (Å²) in [6.45, 7) is 3.55. The summed E-state index contributed by atoms with van der Waals surface area (Å²) in [6.07, 6.45) is 2.40. The molecule has 8 heteroatoms. The van der Waals surface area contributed by atoms with Crippen LogP contribution in [0.5, 0.6) is 0 Å². The van der Waals surface area contributed by atoms with E-state index in [1.165, 1.54) is 4.68 Å². The van der Waals surface area contributed by atoms with Gasteiger partial charge in [-0.05, 0) is 32.3 Å². The zero-order valence-corrected chi connectivity index (χ0v) is 13.8. The summed E-state index contributed by atoms with van der Waals surface area (Å²) in [7, 11) is 0. The van der Waals surface area contributed by atoms with Gasteiger partial charge in [0.1, 0.15) is 5.82 Å². The lowest BCUT2D eigenvalue weighted by molar-refractivity contribution is -0.0361. The van der Waals surface area contributed by atoms with Crippen molar-refractivity contribution >= 4 is 5.82 Å². The predicted molar refractivity (Wildman–Crippen MR) is 85.4 cm³/mol. The minimum atomic E-state index is -2.54. The zero-order chi connectivity index (χ0) is 17.3. The average molecular weight is 337 g/mol. The van der Waals surface area contributed by atoms with Gasteiger partial charge in [-0.1, -0.05) is 0 Å². The van der Waals surface area contributed by atoms with Gasteiger partial charge in [-0.2, -0.15) is 10.1 Å². The Bertz CT molecular complexity index is 721. The molecule has 3 rings (SSSR count). The Morgan fingerprint density at radius 2 is 2.00 bits per heavy atom. The molecule has 2 aromatic heterocycles. The monoisotopic (exact) mass is 337 g/mol. The Labute approximate surface area is 138 Å². The van der Waals surface area contributed by atoms with Crippen LogP contribution in [0.15, 0.2) is 12.3 Å². The molecule has 1 fully saturated rings. The smallest absolute Gasteiger partial charge is 0.252 e. The van der Waals surface area contributed by atoms with E-state index in [1.807, 2.05) is 13.8 Å². The molecular weight excluding hydrogens is 316 g/mol. The third-order valence-electron chi connectivity index (χ3n) is 4.27. The molecule has 0 aliphatic heterocycles. The molecule has 2 N–H and O–H groups in total. The van der Waals surface area contributed by atoms with Gasteiger partial charge in [0.25, 0.3) is 5.95 Å². The quantitative estimate of drug-likeness (QED) is 0.897. The maximum Gasteiger partial charge on any atom is 0.252 e. The molecule has 0 bridgehead atoms. The maximum atomic E-state index is 13.3. The van der Waals surface area contributed by atoms with Crippen molar-refractivity contribution in [2.24, 2.45) is 0 Å². The lowest BCUT2D eigenvalue weighted by Crippen LogP contribution is -2.32. The van der Waals surface area contributed by atoms with Crippen molar-refractivity contribution in [1.29, 1.82) is 0 Å². The van der Waals surface area contributed by atoms with Gasteiger partial charge in [-0.25, -0.2) is 18.4 Å². The fraction of sp³-hybridized carbons (Fsp3) is 0.562. The summed E-state index contributed by atoms with van der Waals surface area (Å²) >= 11 is 0. The van der Waals surface area contributed by atoms with Crippen molar-refractivity contribution < 1.29 is 13.9 Å². The largest absolute Gasteiger partial charge is 0.390 e. The number of rotatable bonds is 4. The van der Waals surface area contributed by atoms with Crippen LogP contribution < -0.4 is 5.32 Å². The fourth-order valence-corrected chi connectivity index (χ4v) is 2.88. The number of aliphatic hydroxyl groups is 1. The Morgan fingerprint density at radius 1 is 1.29 bits per heavy atom. The Kier molecular flexibility index (Phi) is 4.49. The van der Waals surface area contributed by atoms with E-state index in [9.17, 15) is 13.9 Å². The van der Waals surface area contributed by atoms with Crippen molar-refractivity contribution in [3.05, 3.63) is 29.2 Å². The topological polar surface area (TPSA) is 75.9 Å². The first-order valence-electron chi connectivity index (χ1n) is 8.03. The molecule has 0 spiro atoms. The van der Waals surface area contributed by atoms with E-state index in [4.69, 9.17) is 0 Å². The van der Waals surface area contributed by atoms with E-state index in [1.54, 1.807) is 12.3 Å². The van der Waals surface area contributed by atoms with Crippen LogP contribution in [0.4, 0.5) is 14.6 Å². The Hall–Kier alpha value is -2.09. The van der Waals surface area contributed by atoms with Gasteiger partial charge < -0.3 is 10.4 Å². The lowest BCUT2D eigenvalue weighted by atomic mass is 9.92. The third-order valence-corrected chi connectivity index (χ3v) is 4.27. The van der Waals surface area contributed by atoms with E-state index >= 15 is 0 Å². The second kappa shape index (κ2) is 6.43. The number of aliphatic hydroxyl groups excluding tert-OH is 1. The van der Waals surface area contributed by atoms with E-state index < -0.39 is 5.92 Å². The molecule has 1 saturated carbocycles. The van der Waals surface area contributed by atoms with Crippen LogP contribution in [0.25, 0.3) is 5.95 Å². The highest BCUT2D eigenvalue weighted by Crippen LogP contribution is 2.34. The third kappa shape index (κ3) is 3.69. The van der Waals surface area contributed by atoms with Crippen LogP contribution in [0.1, 0.15) is 42.6 Å². The van der Waals surface area contributed by atoms with Crippen LogP contribution in [-0.2, 0) is 6.61 Å². The molecule has 0 unspecified atom stereocenters. The normalized spacial score (nSPS) is 17.9. The molecule has 0 saturated heterocycles. The second-order valence-corrected chi connectivity index (χ2v) is 6.33. The zero-order valence-electron chi connectivity index (χ0n) is 13.8. The summed E-state index contributed by atoms with van der Waals surface area (Å²) in [4.78, 5) is 8.79. The highest BCUT2D eigenvalue weighted by Gasteiger charge is 2.34. The number of nitrogens with zero attached hydrogens (tertiary/aromatic N) is 4. The molecule has 2 aromatic rings. The second-order valence-electron chi connectivity index (χ2n) is 6.33. The number of hydrogen-bond acceptors (Lipinski definition) is 5. The van der Waals surface area contributed by atoms with E-state index in [0.29, 0.717) is 30.3 Å². The van der Waals surface area contributed by atoms with Gasteiger partial charge in [-0.3, -0.25) is 0 Å². The van der Waals surface area contributed by atoms with Crippen LogP contribution in [0.2, 0.25) is 0 Å². The molecule has 1 aliphatic carbocycles. The summed E-state index contributed by atoms with van der Waals surface area (Å²) in [5.41, 5.74) is 2.18. The van der Waals surface area contributed by atoms with Gasteiger partial charge in [0.15, 0.2) is 0 Å². The van der Waals surface area contributed by atoms with Gasteiger partial charge in [0.05, 0.1) is 12.3 Å². The predicted octanol–water partition coefficient (Wildman–Crippen LogP) is 2.76. The molecule has 1 aliphatic rings. The fourth-order valence-electron chi connectivity index (χ4n) is 2.88. The van der Waals surface area contributed by atoms with Crippen molar-refractivity contribution in [1.82, 2.24) is 19.7 Å². The van der Waals surface area contributed by atoms with Crippen LogP contribution >= 0.6 is 0 Å². The van der Waals surface area contributed by atoms with Crippen LogP contribution in [0, 0.1) is 13.8 Å². The molecular formula is C16H21F2N5O. The van der Waals surface area contributed by atoms with E-state index in [0.717, 1.165) is 11.3 Å². The van der Waals surface area contributed by atoms with E-state index in [-0.39, 0.29) is 25.5 Å². The molecule has 0 aromatic carbocycles. The molecule has 0 radical (unpaired) electrons. The lowest BCUT2D eigenvalue weighted by Gasteiger charge is -2.29. The van der Waals surface area contributed by atoms with Gasteiger partial charge in [-0.15, -0.1) is 0 Å². The maximum absolute atomic E-state index is 13.3. The summed E-state index contributed by atoms with van der Waals surface area (Å²) in [5, 5.41) is 16.7. The molecule has 6 nitrogen and oxygen atoms in total. The highest BCUT2D eigenvalue weighted by atomic mass is 19.3. The molecule has 130 valence electrons. The number of hydrogen-bond donors (Lipinski definition) is 2. The van der Waals surface area contributed by atoms with Gasteiger partial charge in [0, 0.05) is 36.8 Å². The SMILES string of the molecule is Cc1cc(NC2CCC(F)(F)CC2)nc(-n2cc(C)c(CO)n2)n1. The molecule has 0 amide bonds. The highest BCUT2D eigenvalue weighted by molar-refractivity contribution is 5.40. The van der Waals surface area contributed by atoms with Crippen LogP contribution in [-0.4, -0.2) is 36.8 Å². The molecule has 2 heterocycles. The Balaban J connectivity index is 1.79. The van der Waals surface area contributed by atoms with Crippen molar-refractivity contribution in [2.75, 3.05) is 5.32 Å². The standard InChI is InChI=1S/C16H21F2N5O/c1-10-8-23(22-13(10)9-24)15-19-11(2)7-14(21-15)20-12-3-5-16(17,18)6-4-12/h7-8,12,24H,3-6,9H2,1-2H3,(H,19,20,21). The molecule has 24 heavy (non-hydrogen) atoms. The summed E-state index contributed by atoms with van der Waals surface area (Å²) in [5.74, 6) is -1.55.